The highest BCUT2D eigenvalue weighted by atomic mass is 16.6. The maximum absolute atomic E-state index is 12.2. The predicted molar refractivity (Wildman–Crippen MR) is 86.3 cm³/mol. The third-order valence-corrected chi connectivity index (χ3v) is 3.09. The number of hydrogen-bond acceptors (Lipinski definition) is 5. The molecule has 0 fully saturated rings. The molecule has 1 amide bonds. The first-order valence-corrected chi connectivity index (χ1v) is 7.45. The Bertz CT molecular complexity index is 547. The van der Waals surface area contributed by atoms with E-state index < -0.39 is 23.2 Å². The zero-order valence-electron chi connectivity index (χ0n) is 14.6. The van der Waals surface area contributed by atoms with Crippen molar-refractivity contribution in [3.8, 4) is 5.75 Å². The Hall–Kier alpha value is -2.24. The van der Waals surface area contributed by atoms with Gasteiger partial charge in [0, 0.05) is 0 Å². The van der Waals surface area contributed by atoms with Gasteiger partial charge in [0.1, 0.15) is 11.4 Å². The first-order chi connectivity index (χ1) is 10.6. The van der Waals surface area contributed by atoms with Crippen LogP contribution >= 0.6 is 0 Å². The van der Waals surface area contributed by atoms with E-state index in [4.69, 9.17) is 14.2 Å². The van der Waals surface area contributed by atoms with Gasteiger partial charge in [-0.1, -0.05) is 12.1 Å². The van der Waals surface area contributed by atoms with Crippen LogP contribution in [-0.4, -0.2) is 31.4 Å². The van der Waals surface area contributed by atoms with Gasteiger partial charge in [0.2, 0.25) is 0 Å². The molecule has 0 saturated carbocycles. The Kier molecular flexibility index (Phi) is 6.01. The monoisotopic (exact) mass is 323 g/mol. The Morgan fingerprint density at radius 2 is 1.65 bits per heavy atom. The zero-order chi connectivity index (χ0) is 17.7. The Balaban J connectivity index is 3.07. The molecule has 0 aromatic heterocycles. The van der Waals surface area contributed by atoms with Crippen LogP contribution < -0.4 is 10.1 Å². The van der Waals surface area contributed by atoms with Gasteiger partial charge in [-0.15, -0.1) is 0 Å². The smallest absolute Gasteiger partial charge is 0.408 e. The van der Waals surface area contributed by atoms with Crippen molar-refractivity contribution in [2.45, 2.75) is 45.8 Å². The largest absolute Gasteiger partial charge is 0.494 e. The molecule has 1 rings (SSSR count). The van der Waals surface area contributed by atoms with E-state index in [9.17, 15) is 9.59 Å². The standard InChI is InChI=1S/C17H25NO5/c1-7-22-13-10-8-12(9-11-13)17(5,14(19)21-6)18-15(20)23-16(2,3)4/h8-11H,7H2,1-6H3,(H,18,20). The van der Waals surface area contributed by atoms with Crippen LogP contribution in [0.5, 0.6) is 5.75 Å². The summed E-state index contributed by atoms with van der Waals surface area (Å²) in [6.07, 6.45) is -0.695. The number of carbonyl (C=O) groups is 2. The molecule has 1 unspecified atom stereocenters. The maximum Gasteiger partial charge on any atom is 0.408 e. The number of methoxy groups -OCH3 is 1. The van der Waals surface area contributed by atoms with Crippen LogP contribution in [0.25, 0.3) is 0 Å². The molecule has 6 nitrogen and oxygen atoms in total. The minimum Gasteiger partial charge on any atom is -0.494 e. The molecule has 6 heteroatoms. The molecule has 1 aromatic rings. The van der Waals surface area contributed by atoms with Gasteiger partial charge in [-0.05, 0) is 52.3 Å². The number of carbonyl (C=O) groups excluding carboxylic acids is 2. The molecule has 0 spiro atoms. The molecule has 23 heavy (non-hydrogen) atoms. The molecular formula is C17H25NO5. The van der Waals surface area contributed by atoms with Crippen molar-refractivity contribution in [1.82, 2.24) is 5.32 Å². The van der Waals surface area contributed by atoms with Crippen LogP contribution in [0.2, 0.25) is 0 Å². The summed E-state index contributed by atoms with van der Waals surface area (Å²) in [7, 11) is 1.27. The molecule has 128 valence electrons. The predicted octanol–water partition coefficient (Wildman–Crippen LogP) is 3.00. The molecule has 0 radical (unpaired) electrons. The lowest BCUT2D eigenvalue weighted by Crippen LogP contribution is -2.51. The molecular weight excluding hydrogens is 298 g/mol. The van der Waals surface area contributed by atoms with E-state index in [0.717, 1.165) is 0 Å². The molecule has 1 atom stereocenters. The first kappa shape index (κ1) is 18.8. The minimum absolute atomic E-state index is 0.545. The van der Waals surface area contributed by atoms with Crippen LogP contribution in [0, 0.1) is 0 Å². The van der Waals surface area contributed by atoms with Crippen LogP contribution in [0.15, 0.2) is 24.3 Å². The Labute approximate surface area is 137 Å². The van der Waals surface area contributed by atoms with Gasteiger partial charge >= 0.3 is 12.1 Å². The fraction of sp³-hybridized carbons (Fsp3) is 0.529. The third-order valence-electron chi connectivity index (χ3n) is 3.09. The van der Waals surface area contributed by atoms with Crippen molar-refractivity contribution in [1.29, 1.82) is 0 Å². The van der Waals surface area contributed by atoms with Gasteiger partial charge in [-0.2, -0.15) is 0 Å². The number of esters is 1. The Morgan fingerprint density at radius 3 is 2.09 bits per heavy atom. The molecule has 0 aliphatic heterocycles. The zero-order valence-corrected chi connectivity index (χ0v) is 14.6. The van der Waals surface area contributed by atoms with Crippen LogP contribution in [-0.2, 0) is 19.8 Å². The summed E-state index contributed by atoms with van der Waals surface area (Å²) in [6.45, 7) is 9.25. The number of alkyl carbamates (subject to hydrolysis) is 1. The molecule has 0 aliphatic rings. The average molecular weight is 323 g/mol. The lowest BCUT2D eigenvalue weighted by molar-refractivity contribution is -0.148. The van der Waals surface area contributed by atoms with E-state index in [1.165, 1.54) is 7.11 Å². The molecule has 1 N–H and O–H groups in total. The number of rotatable bonds is 5. The van der Waals surface area contributed by atoms with Crippen molar-refractivity contribution >= 4 is 12.1 Å². The minimum atomic E-state index is -1.36. The van der Waals surface area contributed by atoms with Gasteiger partial charge in [-0.3, -0.25) is 0 Å². The maximum atomic E-state index is 12.2. The van der Waals surface area contributed by atoms with E-state index in [1.54, 1.807) is 52.0 Å². The second kappa shape index (κ2) is 7.35. The van der Waals surface area contributed by atoms with Crippen molar-refractivity contribution in [3.63, 3.8) is 0 Å². The lowest BCUT2D eigenvalue weighted by atomic mass is 9.92. The SMILES string of the molecule is CCOc1ccc(C(C)(NC(=O)OC(C)(C)C)C(=O)OC)cc1. The highest BCUT2D eigenvalue weighted by Gasteiger charge is 2.39. The summed E-state index contributed by atoms with van der Waals surface area (Å²) < 4.78 is 15.4. The fourth-order valence-electron chi connectivity index (χ4n) is 2.00. The van der Waals surface area contributed by atoms with E-state index in [-0.39, 0.29) is 0 Å². The van der Waals surface area contributed by atoms with Crippen molar-refractivity contribution in [2.24, 2.45) is 0 Å². The number of ether oxygens (including phenoxy) is 3. The van der Waals surface area contributed by atoms with Crippen molar-refractivity contribution in [3.05, 3.63) is 29.8 Å². The van der Waals surface area contributed by atoms with Crippen LogP contribution in [0.4, 0.5) is 4.79 Å². The first-order valence-electron chi connectivity index (χ1n) is 7.45. The van der Waals surface area contributed by atoms with E-state index in [0.29, 0.717) is 17.9 Å². The van der Waals surface area contributed by atoms with Crippen molar-refractivity contribution < 1.29 is 23.8 Å². The van der Waals surface area contributed by atoms with Gasteiger partial charge in [-0.25, -0.2) is 9.59 Å². The van der Waals surface area contributed by atoms with Gasteiger partial charge < -0.3 is 19.5 Å². The molecule has 0 saturated heterocycles. The average Bonchev–Trinajstić information content (AvgIpc) is 2.45. The van der Waals surface area contributed by atoms with Gasteiger partial charge in [0.25, 0.3) is 0 Å². The number of nitrogens with one attached hydrogen (secondary N) is 1. The normalized spacial score (nSPS) is 13.7. The van der Waals surface area contributed by atoms with Crippen LogP contribution in [0.3, 0.4) is 0 Å². The topological polar surface area (TPSA) is 73.9 Å². The number of benzene rings is 1. The summed E-state index contributed by atoms with van der Waals surface area (Å²) in [6, 6.07) is 6.88. The second-order valence-corrected chi connectivity index (χ2v) is 6.20. The summed E-state index contributed by atoms with van der Waals surface area (Å²) in [5.41, 5.74) is -1.46. The summed E-state index contributed by atoms with van der Waals surface area (Å²) in [5.74, 6) is 0.0910. The van der Waals surface area contributed by atoms with Crippen molar-refractivity contribution in [2.75, 3.05) is 13.7 Å². The summed E-state index contributed by atoms with van der Waals surface area (Å²) in [5, 5.41) is 2.59. The Morgan fingerprint density at radius 1 is 1.09 bits per heavy atom. The summed E-state index contributed by atoms with van der Waals surface area (Å²) >= 11 is 0. The molecule has 0 heterocycles. The quantitative estimate of drug-likeness (QED) is 0.843. The highest BCUT2D eigenvalue weighted by molar-refractivity contribution is 5.86. The summed E-state index contributed by atoms with van der Waals surface area (Å²) in [4.78, 5) is 24.3. The highest BCUT2D eigenvalue weighted by Crippen LogP contribution is 2.25. The molecule has 0 aliphatic carbocycles. The van der Waals surface area contributed by atoms with Gasteiger partial charge in [0.15, 0.2) is 5.54 Å². The van der Waals surface area contributed by atoms with E-state index in [2.05, 4.69) is 5.32 Å². The fourth-order valence-corrected chi connectivity index (χ4v) is 2.00. The van der Waals surface area contributed by atoms with E-state index >= 15 is 0 Å². The number of hydrogen-bond donors (Lipinski definition) is 1. The third kappa shape index (κ3) is 5.16. The molecule has 0 bridgehead atoms. The second-order valence-electron chi connectivity index (χ2n) is 6.20. The molecule has 1 aromatic carbocycles. The lowest BCUT2D eigenvalue weighted by Gasteiger charge is -2.30. The van der Waals surface area contributed by atoms with Crippen LogP contribution in [0.1, 0.15) is 40.2 Å². The number of amides is 1. The van der Waals surface area contributed by atoms with E-state index in [1.807, 2.05) is 6.92 Å². The van der Waals surface area contributed by atoms with Gasteiger partial charge in [0.05, 0.1) is 13.7 Å².